The van der Waals surface area contributed by atoms with E-state index in [2.05, 4.69) is 15.6 Å². The Morgan fingerprint density at radius 3 is 2.32 bits per heavy atom. The minimum absolute atomic E-state index is 0.0471. The molecule has 3 aromatic rings. The summed E-state index contributed by atoms with van der Waals surface area (Å²) < 4.78 is 32.2. The second-order valence-corrected chi connectivity index (χ2v) is 8.38. The van der Waals surface area contributed by atoms with Gasteiger partial charge in [-0.3, -0.25) is 20.4 Å². The van der Waals surface area contributed by atoms with Crippen LogP contribution in [0.2, 0.25) is 0 Å². The van der Waals surface area contributed by atoms with Gasteiger partial charge in [0.05, 0.1) is 17.7 Å². The Kier molecular flexibility index (Phi) is 7.01. The average molecular weight is 439 g/mol. The normalized spacial score (nSPS) is 11.4. The predicted molar refractivity (Wildman–Crippen MR) is 115 cm³/mol. The summed E-state index contributed by atoms with van der Waals surface area (Å²) in [5, 5.41) is 0. The van der Waals surface area contributed by atoms with E-state index >= 15 is 0 Å². The van der Waals surface area contributed by atoms with Crippen LogP contribution in [0.5, 0.6) is 0 Å². The van der Waals surface area contributed by atoms with Gasteiger partial charge < -0.3 is 4.42 Å². The Morgan fingerprint density at radius 1 is 0.968 bits per heavy atom. The summed E-state index contributed by atoms with van der Waals surface area (Å²) in [4.78, 5) is 24.0. The van der Waals surface area contributed by atoms with Crippen LogP contribution in [0.15, 0.2) is 82.3 Å². The first-order valence-electron chi connectivity index (χ1n) is 9.31. The molecule has 0 radical (unpaired) electrons. The number of aryl methyl sites for hydroxylation is 1. The first kappa shape index (κ1) is 22.0. The van der Waals surface area contributed by atoms with Crippen molar-refractivity contribution in [3.63, 3.8) is 0 Å². The summed E-state index contributed by atoms with van der Waals surface area (Å²) >= 11 is 0. The molecule has 3 rings (SSSR count). The van der Waals surface area contributed by atoms with Gasteiger partial charge in [-0.2, -0.15) is 0 Å². The Hall–Kier alpha value is -3.69. The molecule has 1 aromatic heterocycles. The summed E-state index contributed by atoms with van der Waals surface area (Å²) in [7, 11) is -3.69. The first-order chi connectivity index (χ1) is 14.8. The van der Waals surface area contributed by atoms with E-state index in [0.717, 1.165) is 5.56 Å². The lowest BCUT2D eigenvalue weighted by Gasteiger charge is -2.06. The molecule has 9 heteroatoms. The number of hydrogen-bond donors (Lipinski definition) is 3. The van der Waals surface area contributed by atoms with Gasteiger partial charge in [-0.05, 0) is 55.0 Å². The van der Waals surface area contributed by atoms with Crippen LogP contribution in [0.4, 0.5) is 0 Å². The van der Waals surface area contributed by atoms with Crippen LogP contribution in [0, 0.1) is 6.92 Å². The van der Waals surface area contributed by atoms with Gasteiger partial charge in [-0.25, -0.2) is 13.1 Å². The van der Waals surface area contributed by atoms with E-state index in [0.29, 0.717) is 16.9 Å². The number of hydrazine groups is 1. The van der Waals surface area contributed by atoms with Crippen LogP contribution in [0.1, 0.15) is 27.2 Å². The Morgan fingerprint density at radius 2 is 1.68 bits per heavy atom. The number of carbonyl (C=O) groups excluding carboxylic acids is 2. The third-order valence-electron chi connectivity index (χ3n) is 4.25. The molecule has 1 heterocycles. The van der Waals surface area contributed by atoms with Crippen molar-refractivity contribution in [3.8, 4) is 0 Å². The highest BCUT2D eigenvalue weighted by Crippen LogP contribution is 2.12. The molecule has 0 saturated carbocycles. The molecule has 160 valence electrons. The van der Waals surface area contributed by atoms with Crippen LogP contribution >= 0.6 is 0 Å². The van der Waals surface area contributed by atoms with E-state index in [9.17, 15) is 18.0 Å². The van der Waals surface area contributed by atoms with Gasteiger partial charge in [0.25, 0.3) is 11.8 Å². The molecule has 0 saturated heterocycles. The molecular formula is C22H21N3O5S. The molecule has 31 heavy (non-hydrogen) atoms. The minimum Gasteiger partial charge on any atom is -0.468 e. The zero-order chi connectivity index (χ0) is 22.3. The van der Waals surface area contributed by atoms with E-state index in [1.807, 2.05) is 6.92 Å². The summed E-state index contributed by atoms with van der Waals surface area (Å²) in [6, 6.07) is 16.3. The maximum Gasteiger partial charge on any atom is 0.269 e. The Balaban J connectivity index is 1.51. The number of furan rings is 1. The fourth-order valence-electron chi connectivity index (χ4n) is 2.53. The SMILES string of the molecule is Cc1ccc(C(=O)NNC(=O)/C=C/c2ccc(S(=O)(=O)NCc3ccco3)cc2)cc1. The topological polar surface area (TPSA) is 118 Å². The maximum absolute atomic E-state index is 12.3. The fourth-order valence-corrected chi connectivity index (χ4v) is 3.52. The smallest absolute Gasteiger partial charge is 0.269 e. The molecule has 8 nitrogen and oxygen atoms in total. The fraction of sp³-hybridized carbons (Fsp3) is 0.0909. The lowest BCUT2D eigenvalue weighted by atomic mass is 10.1. The zero-order valence-corrected chi connectivity index (χ0v) is 17.5. The number of rotatable bonds is 7. The van der Waals surface area contributed by atoms with Gasteiger partial charge in [0.1, 0.15) is 5.76 Å². The van der Waals surface area contributed by atoms with E-state index in [4.69, 9.17) is 4.42 Å². The van der Waals surface area contributed by atoms with Crippen LogP contribution in [0.3, 0.4) is 0 Å². The number of sulfonamides is 1. The Labute approximate surface area is 180 Å². The van der Waals surface area contributed by atoms with Gasteiger partial charge in [0, 0.05) is 11.6 Å². The van der Waals surface area contributed by atoms with Crippen molar-refractivity contribution in [3.05, 3.63) is 95.5 Å². The summed E-state index contributed by atoms with van der Waals surface area (Å²) in [6.45, 7) is 1.96. The second-order valence-electron chi connectivity index (χ2n) is 6.62. The van der Waals surface area contributed by atoms with E-state index in [1.54, 1.807) is 48.5 Å². The average Bonchev–Trinajstić information content (AvgIpc) is 3.29. The number of nitrogens with one attached hydrogen (secondary N) is 3. The largest absolute Gasteiger partial charge is 0.468 e. The monoisotopic (exact) mass is 439 g/mol. The molecule has 3 N–H and O–H groups in total. The van der Waals surface area contributed by atoms with Crippen LogP contribution in [-0.4, -0.2) is 20.2 Å². The van der Waals surface area contributed by atoms with Crippen molar-refractivity contribution in [2.45, 2.75) is 18.4 Å². The van der Waals surface area contributed by atoms with Crippen LogP contribution in [-0.2, 0) is 21.4 Å². The van der Waals surface area contributed by atoms with Crippen molar-refractivity contribution in [1.29, 1.82) is 0 Å². The van der Waals surface area contributed by atoms with E-state index in [1.165, 1.54) is 30.5 Å². The summed E-state index contributed by atoms with van der Waals surface area (Å²) in [5.41, 5.74) is 6.68. The highest BCUT2D eigenvalue weighted by atomic mass is 32.2. The number of hydrogen-bond acceptors (Lipinski definition) is 5. The molecule has 2 amide bonds. The lowest BCUT2D eigenvalue weighted by Crippen LogP contribution is -2.40. The predicted octanol–water partition coefficient (Wildman–Crippen LogP) is 2.54. The van der Waals surface area contributed by atoms with Crippen molar-refractivity contribution >= 4 is 27.9 Å². The highest BCUT2D eigenvalue weighted by molar-refractivity contribution is 7.89. The molecule has 0 spiro atoms. The molecule has 2 aromatic carbocycles. The molecular weight excluding hydrogens is 418 g/mol. The standard InChI is InChI=1S/C22H21N3O5S/c1-16-4-9-18(10-5-16)22(27)25-24-21(26)13-8-17-6-11-20(12-7-17)31(28,29)23-15-19-3-2-14-30-19/h2-14,23H,15H2,1H3,(H,24,26)(H,25,27)/b13-8+. The minimum atomic E-state index is -3.69. The van der Waals surface area contributed by atoms with Crippen LogP contribution < -0.4 is 15.6 Å². The van der Waals surface area contributed by atoms with Crippen LogP contribution in [0.25, 0.3) is 6.08 Å². The first-order valence-corrected chi connectivity index (χ1v) is 10.8. The molecule has 0 atom stereocenters. The molecule has 0 bridgehead atoms. The summed E-state index contributed by atoms with van der Waals surface area (Å²) in [5.74, 6) is -0.459. The number of carbonyl (C=O) groups is 2. The Bertz CT molecular complexity index is 1170. The van der Waals surface area contributed by atoms with Gasteiger partial charge in [-0.1, -0.05) is 29.8 Å². The lowest BCUT2D eigenvalue weighted by molar-refractivity contribution is -0.117. The maximum atomic E-state index is 12.3. The van der Waals surface area contributed by atoms with Crippen molar-refractivity contribution in [2.75, 3.05) is 0 Å². The highest BCUT2D eigenvalue weighted by Gasteiger charge is 2.14. The van der Waals surface area contributed by atoms with Crippen molar-refractivity contribution in [1.82, 2.24) is 15.6 Å². The van der Waals surface area contributed by atoms with Gasteiger partial charge in [-0.15, -0.1) is 0 Å². The second kappa shape index (κ2) is 9.88. The third kappa shape index (κ3) is 6.39. The van der Waals surface area contributed by atoms with Gasteiger partial charge in [0.15, 0.2) is 0 Å². The van der Waals surface area contributed by atoms with E-state index < -0.39 is 21.8 Å². The molecule has 0 aliphatic rings. The third-order valence-corrected chi connectivity index (χ3v) is 5.66. The quantitative estimate of drug-likeness (QED) is 0.386. The molecule has 0 aliphatic heterocycles. The van der Waals surface area contributed by atoms with Gasteiger partial charge in [0.2, 0.25) is 10.0 Å². The van der Waals surface area contributed by atoms with Gasteiger partial charge >= 0.3 is 0 Å². The number of benzene rings is 2. The zero-order valence-electron chi connectivity index (χ0n) is 16.7. The van der Waals surface area contributed by atoms with Crippen molar-refractivity contribution < 1.29 is 22.4 Å². The van der Waals surface area contributed by atoms with Crippen molar-refractivity contribution in [2.24, 2.45) is 0 Å². The number of amides is 2. The van der Waals surface area contributed by atoms with E-state index in [-0.39, 0.29) is 11.4 Å². The summed E-state index contributed by atoms with van der Waals surface area (Å²) in [6.07, 6.45) is 4.20. The molecule has 0 aliphatic carbocycles. The molecule has 0 unspecified atom stereocenters. The molecule has 0 fully saturated rings.